The lowest BCUT2D eigenvalue weighted by Crippen LogP contribution is -2.46. The van der Waals surface area contributed by atoms with Crippen LogP contribution >= 0.6 is 0 Å². The predicted molar refractivity (Wildman–Crippen MR) is 94.3 cm³/mol. The summed E-state index contributed by atoms with van der Waals surface area (Å²) in [5.74, 6) is 1.05. The van der Waals surface area contributed by atoms with Gasteiger partial charge in [-0.2, -0.15) is 4.98 Å². The fraction of sp³-hybridized carbons (Fsp3) is 0.667. The predicted octanol–water partition coefficient (Wildman–Crippen LogP) is 2.59. The summed E-state index contributed by atoms with van der Waals surface area (Å²) in [6.07, 6.45) is 9.42. The number of rotatable bonds is 3. The number of carbonyl (C=O) groups is 1. The first-order valence-corrected chi connectivity index (χ1v) is 9.34. The highest BCUT2D eigenvalue weighted by Gasteiger charge is 2.29. The van der Waals surface area contributed by atoms with Crippen LogP contribution in [-0.4, -0.2) is 40.2 Å². The number of fused-ring (bicyclic) bond motifs is 1. The average Bonchev–Trinajstić information content (AvgIpc) is 3.04. The van der Waals surface area contributed by atoms with Gasteiger partial charge in [0.2, 0.25) is 5.91 Å². The second-order valence-electron chi connectivity index (χ2n) is 7.27. The van der Waals surface area contributed by atoms with E-state index in [4.69, 9.17) is 4.52 Å². The molecule has 7 heteroatoms. The Labute approximate surface area is 147 Å². The summed E-state index contributed by atoms with van der Waals surface area (Å²) in [7, 11) is 0. The monoisotopic (exact) mass is 343 g/mol. The van der Waals surface area contributed by atoms with E-state index in [9.17, 15) is 4.79 Å². The molecule has 0 radical (unpaired) electrons. The van der Waals surface area contributed by atoms with Gasteiger partial charge in [0.15, 0.2) is 0 Å². The summed E-state index contributed by atoms with van der Waals surface area (Å²) in [6, 6.07) is 0.364. The van der Waals surface area contributed by atoms with Crippen LogP contribution in [-0.2, 0) is 4.79 Å². The van der Waals surface area contributed by atoms with Crippen LogP contribution in [0.2, 0.25) is 0 Å². The van der Waals surface area contributed by atoms with E-state index >= 15 is 0 Å². The molecule has 4 rings (SSSR count). The molecule has 0 unspecified atom stereocenters. The van der Waals surface area contributed by atoms with Gasteiger partial charge in [0.25, 0.3) is 5.71 Å². The van der Waals surface area contributed by atoms with E-state index < -0.39 is 0 Å². The van der Waals surface area contributed by atoms with Gasteiger partial charge in [-0.25, -0.2) is 4.98 Å². The second kappa shape index (κ2) is 6.98. The van der Waals surface area contributed by atoms with Crippen LogP contribution in [0.25, 0.3) is 11.1 Å². The molecule has 2 fully saturated rings. The first kappa shape index (κ1) is 16.3. The van der Waals surface area contributed by atoms with Crippen LogP contribution < -0.4 is 10.2 Å². The van der Waals surface area contributed by atoms with Crippen LogP contribution in [0, 0.1) is 12.8 Å². The standard InChI is InChI=1S/C18H25N5O2/c1-12-15-16(19-11-20-18(15)25-22-12)23-9-5-6-13(10-23)17(24)21-14-7-3-2-4-8-14/h11,13-14H,2-10H2,1H3,(H,21,24)/t13-/m0/s1. The molecule has 2 aromatic rings. The molecule has 1 saturated heterocycles. The second-order valence-corrected chi connectivity index (χ2v) is 7.27. The van der Waals surface area contributed by atoms with Crippen molar-refractivity contribution in [2.75, 3.05) is 18.0 Å². The maximum absolute atomic E-state index is 12.7. The molecule has 1 N–H and O–H groups in total. The number of amides is 1. The number of nitrogens with zero attached hydrogens (tertiary/aromatic N) is 4. The Morgan fingerprint density at radius 2 is 2.04 bits per heavy atom. The fourth-order valence-corrected chi connectivity index (χ4v) is 4.09. The Hall–Kier alpha value is -2.18. The van der Waals surface area contributed by atoms with Crippen molar-refractivity contribution in [1.29, 1.82) is 0 Å². The molecule has 0 aromatic carbocycles. The third kappa shape index (κ3) is 3.32. The molecule has 2 aliphatic rings. The highest BCUT2D eigenvalue weighted by molar-refractivity contribution is 5.88. The van der Waals surface area contributed by atoms with E-state index in [2.05, 4.69) is 25.3 Å². The first-order chi connectivity index (χ1) is 12.2. The number of aryl methyl sites for hydroxylation is 1. The Balaban J connectivity index is 1.48. The molecule has 134 valence electrons. The molecule has 1 aliphatic heterocycles. The number of anilines is 1. The molecule has 0 bridgehead atoms. The fourth-order valence-electron chi connectivity index (χ4n) is 4.09. The molecular formula is C18H25N5O2. The van der Waals surface area contributed by atoms with Crippen LogP contribution in [0.15, 0.2) is 10.9 Å². The highest BCUT2D eigenvalue weighted by Crippen LogP contribution is 2.29. The molecule has 1 aliphatic carbocycles. The van der Waals surface area contributed by atoms with Gasteiger partial charge in [-0.15, -0.1) is 0 Å². The van der Waals surface area contributed by atoms with Gasteiger partial charge in [-0.05, 0) is 32.6 Å². The molecule has 1 amide bonds. The summed E-state index contributed by atoms with van der Waals surface area (Å²) in [5.41, 5.74) is 1.30. The average molecular weight is 343 g/mol. The molecule has 1 saturated carbocycles. The van der Waals surface area contributed by atoms with Crippen molar-refractivity contribution in [3.05, 3.63) is 12.0 Å². The van der Waals surface area contributed by atoms with E-state index in [1.165, 1.54) is 25.6 Å². The molecule has 1 atom stereocenters. The van der Waals surface area contributed by atoms with Gasteiger partial charge in [-0.1, -0.05) is 24.4 Å². The molecule has 7 nitrogen and oxygen atoms in total. The van der Waals surface area contributed by atoms with E-state index in [0.717, 1.165) is 49.1 Å². The van der Waals surface area contributed by atoms with Gasteiger partial charge in [0.1, 0.15) is 17.5 Å². The highest BCUT2D eigenvalue weighted by atomic mass is 16.5. The lowest BCUT2D eigenvalue weighted by atomic mass is 9.93. The van der Waals surface area contributed by atoms with Crippen molar-refractivity contribution >= 4 is 22.8 Å². The number of piperidine rings is 1. The summed E-state index contributed by atoms with van der Waals surface area (Å²) in [6.45, 7) is 3.48. The summed E-state index contributed by atoms with van der Waals surface area (Å²) >= 11 is 0. The maximum Gasteiger partial charge on any atom is 0.263 e. The number of hydrogen-bond donors (Lipinski definition) is 1. The maximum atomic E-state index is 12.7. The number of aromatic nitrogens is 3. The summed E-state index contributed by atoms with van der Waals surface area (Å²) < 4.78 is 5.25. The Bertz CT molecular complexity index is 753. The van der Waals surface area contributed by atoms with Gasteiger partial charge in [-0.3, -0.25) is 4.79 Å². The van der Waals surface area contributed by atoms with Gasteiger partial charge in [0.05, 0.1) is 11.6 Å². The first-order valence-electron chi connectivity index (χ1n) is 9.34. The third-order valence-electron chi connectivity index (χ3n) is 5.47. The smallest absolute Gasteiger partial charge is 0.263 e. The Morgan fingerprint density at radius 1 is 1.20 bits per heavy atom. The lowest BCUT2D eigenvalue weighted by Gasteiger charge is -2.34. The number of hydrogen-bond acceptors (Lipinski definition) is 6. The van der Waals surface area contributed by atoms with E-state index in [0.29, 0.717) is 18.3 Å². The number of carbonyl (C=O) groups excluding carboxylic acids is 1. The molecular weight excluding hydrogens is 318 g/mol. The minimum atomic E-state index is 0.0147. The van der Waals surface area contributed by atoms with E-state index in [1.807, 2.05) is 6.92 Å². The SMILES string of the molecule is Cc1noc2ncnc(N3CCC[C@H](C(=O)NC4CCCCC4)C3)c12. The van der Waals surface area contributed by atoms with Crippen molar-refractivity contribution in [3.8, 4) is 0 Å². The molecule has 0 spiro atoms. The zero-order valence-corrected chi connectivity index (χ0v) is 14.7. The molecule has 3 heterocycles. The van der Waals surface area contributed by atoms with Crippen LogP contribution in [0.5, 0.6) is 0 Å². The molecule has 2 aromatic heterocycles. The quantitative estimate of drug-likeness (QED) is 0.922. The van der Waals surface area contributed by atoms with Crippen LogP contribution in [0.1, 0.15) is 50.6 Å². The van der Waals surface area contributed by atoms with E-state index in [-0.39, 0.29) is 11.8 Å². The topological polar surface area (TPSA) is 84.2 Å². The molecule has 25 heavy (non-hydrogen) atoms. The van der Waals surface area contributed by atoms with E-state index in [1.54, 1.807) is 0 Å². The van der Waals surface area contributed by atoms with Crippen molar-refractivity contribution in [2.45, 2.75) is 57.9 Å². The lowest BCUT2D eigenvalue weighted by molar-refractivity contribution is -0.126. The van der Waals surface area contributed by atoms with Crippen molar-refractivity contribution < 1.29 is 9.32 Å². The zero-order chi connectivity index (χ0) is 17.2. The van der Waals surface area contributed by atoms with Crippen LogP contribution in [0.3, 0.4) is 0 Å². The van der Waals surface area contributed by atoms with Gasteiger partial charge in [0, 0.05) is 19.1 Å². The largest absolute Gasteiger partial charge is 0.355 e. The zero-order valence-electron chi connectivity index (χ0n) is 14.7. The Kier molecular flexibility index (Phi) is 4.55. The number of nitrogens with one attached hydrogen (secondary N) is 1. The minimum Gasteiger partial charge on any atom is -0.355 e. The Morgan fingerprint density at radius 3 is 2.88 bits per heavy atom. The van der Waals surface area contributed by atoms with Crippen molar-refractivity contribution in [1.82, 2.24) is 20.4 Å². The van der Waals surface area contributed by atoms with Gasteiger partial charge >= 0.3 is 0 Å². The van der Waals surface area contributed by atoms with Gasteiger partial charge < -0.3 is 14.7 Å². The normalized spacial score (nSPS) is 22.3. The van der Waals surface area contributed by atoms with Crippen molar-refractivity contribution in [2.24, 2.45) is 5.92 Å². The van der Waals surface area contributed by atoms with Crippen molar-refractivity contribution in [3.63, 3.8) is 0 Å². The minimum absolute atomic E-state index is 0.0147. The summed E-state index contributed by atoms with van der Waals surface area (Å²) in [5, 5.41) is 8.13. The van der Waals surface area contributed by atoms with Crippen LogP contribution in [0.4, 0.5) is 5.82 Å². The third-order valence-corrected chi connectivity index (χ3v) is 5.47. The summed E-state index contributed by atoms with van der Waals surface area (Å²) in [4.78, 5) is 23.5.